The van der Waals surface area contributed by atoms with Crippen molar-refractivity contribution in [1.29, 1.82) is 0 Å². The lowest BCUT2D eigenvalue weighted by atomic mass is 10.1. The van der Waals surface area contributed by atoms with E-state index in [1.807, 2.05) is 5.38 Å². The number of alkyl halides is 3. The van der Waals surface area contributed by atoms with E-state index in [1.54, 1.807) is 12.1 Å². The number of benzene rings is 1. The maximum atomic E-state index is 12.9. The summed E-state index contributed by atoms with van der Waals surface area (Å²) >= 11 is 2.44. The van der Waals surface area contributed by atoms with Gasteiger partial charge in [0.2, 0.25) is 0 Å². The van der Waals surface area contributed by atoms with Gasteiger partial charge in [-0.05, 0) is 23.6 Å². The van der Waals surface area contributed by atoms with Crippen LogP contribution in [0.25, 0.3) is 10.6 Å². The summed E-state index contributed by atoms with van der Waals surface area (Å²) in [6, 6.07) is 7.76. The molecule has 1 aromatic carbocycles. The molecular weight excluding hydrogens is 425 g/mol. The van der Waals surface area contributed by atoms with E-state index in [9.17, 15) is 22.8 Å². The molecule has 1 unspecified atom stereocenters. The highest BCUT2D eigenvalue weighted by molar-refractivity contribution is 7.13. The maximum Gasteiger partial charge on any atom is 0.416 e. The Bertz CT molecular complexity index is 1000. The van der Waals surface area contributed by atoms with Gasteiger partial charge in [-0.15, -0.1) is 22.7 Å². The normalized spacial score (nSPS) is 12.4. The molecule has 2 heterocycles. The third kappa shape index (κ3) is 5.21. The number of thiophene rings is 1. The predicted molar refractivity (Wildman–Crippen MR) is 104 cm³/mol. The Morgan fingerprint density at radius 1 is 1.21 bits per heavy atom. The van der Waals surface area contributed by atoms with Crippen LogP contribution in [-0.2, 0) is 15.7 Å². The second kappa shape index (κ2) is 8.75. The molecule has 3 aromatic rings. The van der Waals surface area contributed by atoms with Crippen LogP contribution in [0.15, 0.2) is 47.2 Å². The van der Waals surface area contributed by atoms with Crippen molar-refractivity contribution in [1.82, 2.24) is 10.3 Å². The number of nitrogens with zero attached hydrogens (tertiary/aromatic N) is 1. The molecule has 1 amide bonds. The van der Waals surface area contributed by atoms with Crippen molar-refractivity contribution in [3.63, 3.8) is 0 Å². The zero-order valence-corrected chi connectivity index (χ0v) is 16.7. The molecular formula is C19H15F3N2O3S2. The number of carbonyl (C=O) groups excluding carboxylic acids is 2. The topological polar surface area (TPSA) is 68.3 Å². The number of nitrogens with one attached hydrogen (secondary N) is 1. The summed E-state index contributed by atoms with van der Waals surface area (Å²) in [4.78, 5) is 29.2. The molecule has 2 aromatic heterocycles. The quantitative estimate of drug-likeness (QED) is 0.552. The fourth-order valence-electron chi connectivity index (χ4n) is 2.53. The highest BCUT2D eigenvalue weighted by Crippen LogP contribution is 2.33. The van der Waals surface area contributed by atoms with Crippen LogP contribution in [0.1, 0.15) is 33.4 Å². The summed E-state index contributed by atoms with van der Waals surface area (Å²) in [5, 5.41) is 6.32. The van der Waals surface area contributed by atoms with Gasteiger partial charge in [0.05, 0.1) is 25.1 Å². The summed E-state index contributed by atoms with van der Waals surface area (Å²) in [7, 11) is 1.26. The minimum Gasteiger partial charge on any atom is -0.469 e. The maximum absolute atomic E-state index is 12.9. The average molecular weight is 440 g/mol. The molecule has 0 aliphatic heterocycles. The molecule has 0 spiro atoms. The van der Waals surface area contributed by atoms with Crippen LogP contribution in [0, 0.1) is 0 Å². The number of amides is 1. The monoisotopic (exact) mass is 440 g/mol. The van der Waals surface area contributed by atoms with Crippen molar-refractivity contribution < 1.29 is 27.5 Å². The standard InChI is InChI=1S/C19H15F3N2O3S2/c1-27-16(25)9-13(15-6-3-7-28-15)23-17(26)14-10-29-18(24-14)11-4-2-5-12(8-11)19(20,21)22/h2-8,10,13H,9H2,1H3,(H,23,26). The number of halogens is 3. The second-order valence-corrected chi connectivity index (χ2v) is 7.78. The molecule has 0 radical (unpaired) electrons. The van der Waals surface area contributed by atoms with Crippen LogP contribution >= 0.6 is 22.7 Å². The smallest absolute Gasteiger partial charge is 0.416 e. The molecule has 0 bridgehead atoms. The Kier molecular flexibility index (Phi) is 6.33. The number of carbonyl (C=O) groups is 2. The van der Waals surface area contributed by atoms with Crippen LogP contribution < -0.4 is 5.32 Å². The highest BCUT2D eigenvalue weighted by atomic mass is 32.1. The van der Waals surface area contributed by atoms with E-state index in [2.05, 4.69) is 15.0 Å². The predicted octanol–water partition coefficient (Wildman–Crippen LogP) is 4.92. The zero-order valence-electron chi connectivity index (χ0n) is 15.0. The van der Waals surface area contributed by atoms with Gasteiger partial charge in [-0.2, -0.15) is 13.2 Å². The second-order valence-electron chi connectivity index (χ2n) is 5.94. The summed E-state index contributed by atoms with van der Waals surface area (Å²) in [6.45, 7) is 0. The number of ether oxygens (including phenoxy) is 1. The molecule has 0 aliphatic carbocycles. The lowest BCUT2D eigenvalue weighted by Gasteiger charge is -2.15. The van der Waals surface area contributed by atoms with Crippen molar-refractivity contribution in [2.75, 3.05) is 7.11 Å². The number of aromatic nitrogens is 1. The minimum absolute atomic E-state index is 0.0482. The fraction of sp³-hybridized carbons (Fsp3) is 0.211. The Morgan fingerprint density at radius 3 is 2.66 bits per heavy atom. The number of hydrogen-bond donors (Lipinski definition) is 1. The van der Waals surface area contributed by atoms with Crippen LogP contribution in [0.4, 0.5) is 13.2 Å². The third-order valence-electron chi connectivity index (χ3n) is 3.96. The van der Waals surface area contributed by atoms with Gasteiger partial charge in [-0.1, -0.05) is 18.2 Å². The highest BCUT2D eigenvalue weighted by Gasteiger charge is 2.30. The van der Waals surface area contributed by atoms with Crippen molar-refractivity contribution >= 4 is 34.6 Å². The van der Waals surface area contributed by atoms with Gasteiger partial charge < -0.3 is 10.1 Å². The lowest BCUT2D eigenvalue weighted by Crippen LogP contribution is -2.30. The number of hydrogen-bond acceptors (Lipinski definition) is 6. The molecule has 1 atom stereocenters. The molecule has 3 rings (SSSR count). The Labute approximate surface area is 172 Å². The Hall–Kier alpha value is -2.72. The van der Waals surface area contributed by atoms with E-state index in [-0.39, 0.29) is 17.7 Å². The number of rotatable bonds is 6. The Morgan fingerprint density at radius 2 is 2.00 bits per heavy atom. The first-order valence-corrected chi connectivity index (χ1v) is 10.1. The summed E-state index contributed by atoms with van der Waals surface area (Å²) < 4.78 is 43.4. The molecule has 0 saturated heterocycles. The van der Waals surface area contributed by atoms with Crippen LogP contribution in [-0.4, -0.2) is 24.0 Å². The van der Waals surface area contributed by atoms with E-state index >= 15 is 0 Å². The van der Waals surface area contributed by atoms with Gasteiger partial charge in [-0.25, -0.2) is 4.98 Å². The lowest BCUT2D eigenvalue weighted by molar-refractivity contribution is -0.141. The van der Waals surface area contributed by atoms with Crippen LogP contribution in [0.3, 0.4) is 0 Å². The largest absolute Gasteiger partial charge is 0.469 e. The zero-order chi connectivity index (χ0) is 21.0. The van der Waals surface area contributed by atoms with E-state index in [1.165, 1.54) is 36.0 Å². The van der Waals surface area contributed by atoms with Gasteiger partial charge in [0.1, 0.15) is 10.7 Å². The van der Waals surface area contributed by atoms with E-state index in [0.29, 0.717) is 5.01 Å². The van der Waals surface area contributed by atoms with Crippen molar-refractivity contribution in [2.24, 2.45) is 0 Å². The van der Waals surface area contributed by atoms with Gasteiger partial charge in [0, 0.05) is 15.8 Å². The van der Waals surface area contributed by atoms with Crippen molar-refractivity contribution in [3.05, 3.63) is 63.3 Å². The summed E-state index contributed by atoms with van der Waals surface area (Å²) in [5.74, 6) is -1.01. The Balaban J connectivity index is 1.79. The molecule has 152 valence electrons. The number of methoxy groups -OCH3 is 1. The summed E-state index contributed by atoms with van der Waals surface area (Å²) in [6.07, 6.45) is -4.51. The first kappa shape index (κ1) is 21.0. The fourth-order valence-corrected chi connectivity index (χ4v) is 4.11. The van der Waals surface area contributed by atoms with Gasteiger partial charge >= 0.3 is 12.1 Å². The van der Waals surface area contributed by atoms with Crippen molar-refractivity contribution in [3.8, 4) is 10.6 Å². The van der Waals surface area contributed by atoms with Gasteiger partial charge in [-0.3, -0.25) is 9.59 Å². The average Bonchev–Trinajstić information content (AvgIpc) is 3.39. The summed E-state index contributed by atoms with van der Waals surface area (Å²) in [5.41, 5.74) is -0.450. The first-order chi connectivity index (χ1) is 13.8. The molecule has 0 aliphatic rings. The van der Waals surface area contributed by atoms with Crippen molar-refractivity contribution in [2.45, 2.75) is 18.6 Å². The molecule has 0 fully saturated rings. The molecule has 5 nitrogen and oxygen atoms in total. The number of esters is 1. The first-order valence-electron chi connectivity index (χ1n) is 8.32. The number of thiazole rings is 1. The molecule has 29 heavy (non-hydrogen) atoms. The SMILES string of the molecule is COC(=O)CC(NC(=O)c1csc(-c2cccc(C(F)(F)F)c2)n1)c1cccs1. The third-order valence-corrected chi connectivity index (χ3v) is 5.84. The van der Waals surface area contributed by atoms with Gasteiger partial charge in [0.15, 0.2) is 0 Å². The van der Waals surface area contributed by atoms with Gasteiger partial charge in [0.25, 0.3) is 5.91 Å². The molecule has 0 saturated carbocycles. The van der Waals surface area contributed by atoms with E-state index in [4.69, 9.17) is 0 Å². The van der Waals surface area contributed by atoms with Crippen LogP contribution in [0.5, 0.6) is 0 Å². The van der Waals surface area contributed by atoms with Crippen LogP contribution in [0.2, 0.25) is 0 Å². The molecule has 1 N–H and O–H groups in total. The minimum atomic E-state index is -4.46. The van der Waals surface area contributed by atoms with E-state index in [0.717, 1.165) is 28.3 Å². The van der Waals surface area contributed by atoms with E-state index < -0.39 is 29.7 Å². The molecule has 10 heteroatoms.